The van der Waals surface area contributed by atoms with Gasteiger partial charge in [-0.05, 0) is 17.5 Å². The first kappa shape index (κ1) is 19.2. The van der Waals surface area contributed by atoms with Crippen molar-refractivity contribution in [3.8, 4) is 0 Å². The predicted octanol–water partition coefficient (Wildman–Crippen LogP) is 5.62. The normalized spacial score (nSPS) is 11.0. The topological polar surface area (TPSA) is 29.5 Å². The highest BCUT2D eigenvalue weighted by Crippen LogP contribution is 2.11. The van der Waals surface area contributed by atoms with Gasteiger partial charge in [-0.15, -0.1) is 0 Å². The third kappa shape index (κ3) is 9.97. The molecule has 0 amide bonds. The Labute approximate surface area is 136 Å². The van der Waals surface area contributed by atoms with Gasteiger partial charge in [0.05, 0.1) is 13.2 Å². The Balaban J connectivity index is 1.85. The summed E-state index contributed by atoms with van der Waals surface area (Å²) in [5.74, 6) is 0. The summed E-state index contributed by atoms with van der Waals surface area (Å²) < 4.78 is 5.70. The smallest absolute Gasteiger partial charge is 0.0716 e. The molecule has 0 radical (unpaired) electrons. The average Bonchev–Trinajstić information content (AvgIpc) is 2.56. The fourth-order valence-corrected chi connectivity index (χ4v) is 2.62. The number of hydrogen-bond donors (Lipinski definition) is 1. The van der Waals surface area contributed by atoms with Crippen LogP contribution in [0.2, 0.25) is 0 Å². The lowest BCUT2D eigenvalue weighted by Crippen LogP contribution is -1.96. The van der Waals surface area contributed by atoms with Gasteiger partial charge in [0.1, 0.15) is 0 Å². The summed E-state index contributed by atoms with van der Waals surface area (Å²) in [7, 11) is 0. The van der Waals surface area contributed by atoms with Gasteiger partial charge in [0, 0.05) is 6.61 Å². The van der Waals surface area contributed by atoms with Gasteiger partial charge in [-0.1, -0.05) is 89.0 Å². The first-order chi connectivity index (χ1) is 10.9. The summed E-state index contributed by atoms with van der Waals surface area (Å²) in [4.78, 5) is 0. The van der Waals surface area contributed by atoms with Crippen LogP contribution in [-0.2, 0) is 18.0 Å². The van der Waals surface area contributed by atoms with Gasteiger partial charge in [-0.2, -0.15) is 0 Å². The number of hydrogen-bond acceptors (Lipinski definition) is 2. The molecule has 0 atom stereocenters. The Kier molecular flexibility index (Phi) is 12.0. The van der Waals surface area contributed by atoms with Crippen molar-refractivity contribution in [2.45, 2.75) is 84.3 Å². The Morgan fingerprint density at radius 2 is 1.23 bits per heavy atom. The lowest BCUT2D eigenvalue weighted by atomic mass is 10.1. The quantitative estimate of drug-likeness (QED) is 0.452. The standard InChI is InChI=1S/C20H34O2/c1-2-3-4-5-6-7-8-9-10-11-16-22-18-20-14-12-19(17-21)13-15-20/h12-15,21H,2-11,16-18H2,1H3. The molecule has 0 heterocycles. The first-order valence-electron chi connectivity index (χ1n) is 9.13. The van der Waals surface area contributed by atoms with E-state index in [0.29, 0.717) is 6.61 Å². The van der Waals surface area contributed by atoms with E-state index in [1.807, 2.05) is 24.3 Å². The SMILES string of the molecule is CCCCCCCCCCCCOCc1ccc(CO)cc1. The van der Waals surface area contributed by atoms with Gasteiger partial charge < -0.3 is 9.84 Å². The van der Waals surface area contributed by atoms with Crippen molar-refractivity contribution in [1.82, 2.24) is 0 Å². The maximum atomic E-state index is 8.99. The minimum atomic E-state index is 0.111. The number of benzene rings is 1. The number of rotatable bonds is 14. The van der Waals surface area contributed by atoms with E-state index >= 15 is 0 Å². The fourth-order valence-electron chi connectivity index (χ4n) is 2.62. The number of aliphatic hydroxyl groups is 1. The third-order valence-corrected chi connectivity index (χ3v) is 4.12. The minimum absolute atomic E-state index is 0.111. The molecular formula is C20H34O2. The lowest BCUT2D eigenvalue weighted by molar-refractivity contribution is 0.116. The van der Waals surface area contributed by atoms with Crippen LogP contribution in [0.1, 0.15) is 82.3 Å². The molecule has 1 aromatic rings. The second kappa shape index (κ2) is 13.8. The van der Waals surface area contributed by atoms with Gasteiger partial charge in [0.25, 0.3) is 0 Å². The number of ether oxygens (including phenoxy) is 1. The van der Waals surface area contributed by atoms with E-state index in [9.17, 15) is 0 Å². The van der Waals surface area contributed by atoms with E-state index in [1.165, 1.54) is 69.8 Å². The van der Waals surface area contributed by atoms with E-state index in [2.05, 4.69) is 6.92 Å². The maximum Gasteiger partial charge on any atom is 0.0716 e. The van der Waals surface area contributed by atoms with Crippen LogP contribution >= 0.6 is 0 Å². The molecule has 0 saturated heterocycles. The van der Waals surface area contributed by atoms with Crippen molar-refractivity contribution in [1.29, 1.82) is 0 Å². The average molecular weight is 306 g/mol. The maximum absolute atomic E-state index is 8.99. The van der Waals surface area contributed by atoms with Crippen LogP contribution in [0.5, 0.6) is 0 Å². The lowest BCUT2D eigenvalue weighted by Gasteiger charge is -2.05. The summed E-state index contributed by atoms with van der Waals surface area (Å²) in [5, 5.41) is 8.99. The molecule has 0 aromatic heterocycles. The van der Waals surface area contributed by atoms with Crippen LogP contribution in [0.4, 0.5) is 0 Å². The van der Waals surface area contributed by atoms with Crippen molar-refractivity contribution in [3.63, 3.8) is 0 Å². The van der Waals surface area contributed by atoms with Gasteiger partial charge in [-0.3, -0.25) is 0 Å². The highest BCUT2D eigenvalue weighted by molar-refractivity contribution is 5.21. The van der Waals surface area contributed by atoms with Crippen molar-refractivity contribution in [2.24, 2.45) is 0 Å². The molecule has 0 bridgehead atoms. The first-order valence-corrected chi connectivity index (χ1v) is 9.13. The molecule has 22 heavy (non-hydrogen) atoms. The van der Waals surface area contributed by atoms with Gasteiger partial charge >= 0.3 is 0 Å². The molecule has 0 aliphatic rings. The summed E-state index contributed by atoms with van der Waals surface area (Å²) in [6, 6.07) is 7.98. The molecule has 0 unspecified atom stereocenters. The Bertz CT molecular complexity index is 345. The summed E-state index contributed by atoms with van der Waals surface area (Å²) >= 11 is 0. The van der Waals surface area contributed by atoms with Crippen molar-refractivity contribution in [3.05, 3.63) is 35.4 Å². The number of aliphatic hydroxyl groups excluding tert-OH is 1. The molecule has 0 aliphatic carbocycles. The highest BCUT2D eigenvalue weighted by Gasteiger charge is 1.96. The van der Waals surface area contributed by atoms with E-state index in [-0.39, 0.29) is 6.61 Å². The second-order valence-corrected chi connectivity index (χ2v) is 6.21. The molecule has 1 aromatic carbocycles. The summed E-state index contributed by atoms with van der Waals surface area (Å²) in [6.45, 7) is 3.92. The van der Waals surface area contributed by atoms with Crippen molar-refractivity contribution >= 4 is 0 Å². The van der Waals surface area contributed by atoms with E-state index in [4.69, 9.17) is 9.84 Å². The van der Waals surface area contributed by atoms with E-state index in [1.54, 1.807) is 0 Å². The van der Waals surface area contributed by atoms with Crippen molar-refractivity contribution in [2.75, 3.05) is 6.61 Å². The molecular weight excluding hydrogens is 272 g/mol. The zero-order valence-electron chi connectivity index (χ0n) is 14.4. The zero-order valence-corrected chi connectivity index (χ0v) is 14.4. The summed E-state index contributed by atoms with van der Waals surface area (Å²) in [5.41, 5.74) is 2.14. The molecule has 0 fully saturated rings. The van der Waals surface area contributed by atoms with Crippen molar-refractivity contribution < 1.29 is 9.84 Å². The molecule has 0 saturated carbocycles. The zero-order chi connectivity index (χ0) is 15.9. The largest absolute Gasteiger partial charge is 0.392 e. The second-order valence-electron chi connectivity index (χ2n) is 6.21. The van der Waals surface area contributed by atoms with Crippen LogP contribution < -0.4 is 0 Å². The van der Waals surface area contributed by atoms with E-state index in [0.717, 1.165) is 12.2 Å². The molecule has 0 spiro atoms. The fraction of sp³-hybridized carbons (Fsp3) is 0.700. The Morgan fingerprint density at radius 1 is 0.727 bits per heavy atom. The minimum Gasteiger partial charge on any atom is -0.392 e. The van der Waals surface area contributed by atoms with Crippen LogP contribution in [0, 0.1) is 0 Å². The van der Waals surface area contributed by atoms with Crippen LogP contribution in [-0.4, -0.2) is 11.7 Å². The third-order valence-electron chi connectivity index (χ3n) is 4.12. The Hall–Kier alpha value is -0.860. The molecule has 1 rings (SSSR count). The monoisotopic (exact) mass is 306 g/mol. The van der Waals surface area contributed by atoms with Crippen LogP contribution in [0.3, 0.4) is 0 Å². The molecule has 2 heteroatoms. The predicted molar refractivity (Wildman–Crippen MR) is 93.9 cm³/mol. The van der Waals surface area contributed by atoms with Gasteiger partial charge in [0.2, 0.25) is 0 Å². The molecule has 2 nitrogen and oxygen atoms in total. The molecule has 0 aliphatic heterocycles. The van der Waals surface area contributed by atoms with Gasteiger partial charge in [-0.25, -0.2) is 0 Å². The number of unbranched alkanes of at least 4 members (excludes halogenated alkanes) is 9. The van der Waals surface area contributed by atoms with Crippen LogP contribution in [0.25, 0.3) is 0 Å². The molecule has 1 N–H and O–H groups in total. The highest BCUT2D eigenvalue weighted by atomic mass is 16.5. The van der Waals surface area contributed by atoms with Gasteiger partial charge in [0.15, 0.2) is 0 Å². The molecule has 126 valence electrons. The van der Waals surface area contributed by atoms with E-state index < -0.39 is 0 Å². The summed E-state index contributed by atoms with van der Waals surface area (Å²) in [6.07, 6.45) is 13.6. The Morgan fingerprint density at radius 3 is 1.77 bits per heavy atom. The van der Waals surface area contributed by atoms with Crippen LogP contribution in [0.15, 0.2) is 24.3 Å².